The summed E-state index contributed by atoms with van der Waals surface area (Å²) >= 11 is 7.25. The van der Waals surface area contributed by atoms with Crippen LogP contribution in [-0.2, 0) is 0 Å². The molecule has 1 aromatic rings. The van der Waals surface area contributed by atoms with E-state index >= 15 is 0 Å². The van der Waals surface area contributed by atoms with Gasteiger partial charge in [-0.05, 0) is 42.5 Å². The van der Waals surface area contributed by atoms with Crippen LogP contribution in [0.1, 0.15) is 38.3 Å². The molecule has 1 atom stereocenters. The highest BCUT2D eigenvalue weighted by molar-refractivity contribution is 9.11. The van der Waals surface area contributed by atoms with Crippen LogP contribution in [0, 0.1) is 5.92 Å². The Hall–Kier alpha value is 0.680. The van der Waals surface area contributed by atoms with Crippen molar-refractivity contribution in [3.05, 3.63) is 32.7 Å². The predicted octanol–water partition coefficient (Wildman–Crippen LogP) is 5.44. The van der Waals surface area contributed by atoms with Crippen molar-refractivity contribution in [3.8, 4) is 0 Å². The SMILES string of the molecule is CC(C)CC[C@H](c1cc(Br)cc(Br)c1)N1CCNCC1.Cl.Cl. The number of nitrogens with zero attached hydrogens (tertiary/aromatic N) is 1. The zero-order valence-corrected chi connectivity index (χ0v) is 18.0. The number of nitrogens with one attached hydrogen (secondary N) is 1. The molecule has 0 spiro atoms. The number of hydrogen-bond acceptors (Lipinski definition) is 2. The molecule has 1 aromatic carbocycles. The Labute approximate surface area is 163 Å². The maximum atomic E-state index is 3.62. The number of piperazine rings is 1. The third-order valence-electron chi connectivity index (χ3n) is 3.88. The molecule has 1 aliphatic rings. The molecule has 1 saturated heterocycles. The summed E-state index contributed by atoms with van der Waals surface area (Å²) in [6, 6.07) is 7.20. The number of benzene rings is 1. The van der Waals surface area contributed by atoms with Crippen LogP contribution in [-0.4, -0.2) is 31.1 Å². The minimum atomic E-state index is 0. The molecule has 0 saturated carbocycles. The van der Waals surface area contributed by atoms with Gasteiger partial charge in [0, 0.05) is 41.2 Å². The summed E-state index contributed by atoms with van der Waals surface area (Å²) in [5, 5.41) is 3.45. The average molecular weight is 477 g/mol. The summed E-state index contributed by atoms with van der Waals surface area (Å²) in [6.45, 7) is 9.12. The zero-order valence-electron chi connectivity index (χ0n) is 13.1. The normalized spacial score (nSPS) is 16.8. The molecule has 2 rings (SSSR count). The fourth-order valence-corrected chi connectivity index (χ4v) is 4.14. The van der Waals surface area contributed by atoms with E-state index in [0.29, 0.717) is 6.04 Å². The Morgan fingerprint density at radius 1 is 1.00 bits per heavy atom. The van der Waals surface area contributed by atoms with Gasteiger partial charge in [0.15, 0.2) is 0 Å². The van der Waals surface area contributed by atoms with Gasteiger partial charge >= 0.3 is 0 Å². The number of hydrogen-bond donors (Lipinski definition) is 1. The van der Waals surface area contributed by atoms with E-state index in [-0.39, 0.29) is 24.8 Å². The molecule has 0 radical (unpaired) electrons. The van der Waals surface area contributed by atoms with Crippen LogP contribution in [0.5, 0.6) is 0 Å². The van der Waals surface area contributed by atoms with Crippen LogP contribution < -0.4 is 5.32 Å². The van der Waals surface area contributed by atoms with Crippen LogP contribution >= 0.6 is 56.7 Å². The van der Waals surface area contributed by atoms with Crippen molar-refractivity contribution >= 4 is 56.7 Å². The lowest BCUT2D eigenvalue weighted by molar-refractivity contribution is 0.159. The lowest BCUT2D eigenvalue weighted by Crippen LogP contribution is -2.45. The minimum absolute atomic E-state index is 0. The first-order valence-corrected chi connectivity index (χ1v) is 9.05. The largest absolute Gasteiger partial charge is 0.314 e. The van der Waals surface area contributed by atoms with E-state index < -0.39 is 0 Å². The van der Waals surface area contributed by atoms with Crippen LogP contribution in [0.4, 0.5) is 0 Å². The van der Waals surface area contributed by atoms with Crippen molar-refractivity contribution < 1.29 is 0 Å². The van der Waals surface area contributed by atoms with Gasteiger partial charge in [0.2, 0.25) is 0 Å². The third kappa shape index (κ3) is 7.06. The van der Waals surface area contributed by atoms with Gasteiger partial charge in [-0.25, -0.2) is 0 Å². The molecule has 0 unspecified atom stereocenters. The maximum Gasteiger partial charge on any atom is 0.0350 e. The fraction of sp³-hybridized carbons (Fsp3) is 0.625. The topological polar surface area (TPSA) is 15.3 Å². The molecule has 0 aliphatic carbocycles. The molecule has 0 bridgehead atoms. The Morgan fingerprint density at radius 3 is 2.05 bits per heavy atom. The first-order chi connectivity index (χ1) is 9.56. The summed E-state index contributed by atoms with van der Waals surface area (Å²) in [7, 11) is 0. The van der Waals surface area contributed by atoms with Gasteiger partial charge in [0.05, 0.1) is 0 Å². The van der Waals surface area contributed by atoms with E-state index in [0.717, 1.165) is 41.0 Å². The molecule has 128 valence electrons. The molecule has 2 nitrogen and oxygen atoms in total. The van der Waals surface area contributed by atoms with E-state index in [1.165, 1.54) is 18.4 Å². The van der Waals surface area contributed by atoms with Crippen molar-refractivity contribution in [1.29, 1.82) is 0 Å². The Morgan fingerprint density at radius 2 is 1.55 bits per heavy atom. The smallest absolute Gasteiger partial charge is 0.0350 e. The molecule has 1 heterocycles. The Bertz CT molecular complexity index is 418. The third-order valence-corrected chi connectivity index (χ3v) is 4.80. The lowest BCUT2D eigenvalue weighted by Gasteiger charge is -2.36. The average Bonchev–Trinajstić information content (AvgIpc) is 2.38. The van der Waals surface area contributed by atoms with Gasteiger partial charge in [-0.2, -0.15) is 0 Å². The van der Waals surface area contributed by atoms with Crippen LogP contribution in [0.25, 0.3) is 0 Å². The summed E-state index contributed by atoms with van der Waals surface area (Å²) in [4.78, 5) is 2.63. The second-order valence-electron chi connectivity index (χ2n) is 5.98. The minimum Gasteiger partial charge on any atom is -0.314 e. The van der Waals surface area contributed by atoms with E-state index in [1.54, 1.807) is 0 Å². The van der Waals surface area contributed by atoms with E-state index in [9.17, 15) is 0 Å². The van der Waals surface area contributed by atoms with Crippen molar-refractivity contribution in [3.63, 3.8) is 0 Å². The summed E-state index contributed by atoms with van der Waals surface area (Å²) in [5.74, 6) is 0.760. The molecular weight excluding hydrogens is 451 g/mol. The monoisotopic (exact) mass is 474 g/mol. The zero-order chi connectivity index (χ0) is 14.5. The molecule has 1 N–H and O–H groups in total. The van der Waals surface area contributed by atoms with Crippen molar-refractivity contribution in [2.45, 2.75) is 32.7 Å². The highest BCUT2D eigenvalue weighted by atomic mass is 79.9. The molecule has 1 fully saturated rings. The second kappa shape index (κ2) is 11.3. The number of rotatable bonds is 5. The molecule has 1 aliphatic heterocycles. The lowest BCUT2D eigenvalue weighted by atomic mass is 9.96. The van der Waals surface area contributed by atoms with Crippen molar-refractivity contribution in [2.75, 3.05) is 26.2 Å². The number of halogens is 4. The fourth-order valence-electron chi connectivity index (χ4n) is 2.81. The Balaban J connectivity index is 0.00000220. The van der Waals surface area contributed by atoms with Gasteiger partial charge < -0.3 is 5.32 Å². The van der Waals surface area contributed by atoms with E-state index in [4.69, 9.17) is 0 Å². The van der Waals surface area contributed by atoms with Gasteiger partial charge in [0.1, 0.15) is 0 Å². The van der Waals surface area contributed by atoms with E-state index in [2.05, 4.69) is 74.1 Å². The molecule has 6 heteroatoms. The maximum absolute atomic E-state index is 3.62. The summed E-state index contributed by atoms with van der Waals surface area (Å²) in [5.41, 5.74) is 1.42. The highest BCUT2D eigenvalue weighted by Crippen LogP contribution is 2.31. The quantitative estimate of drug-likeness (QED) is 0.608. The highest BCUT2D eigenvalue weighted by Gasteiger charge is 2.22. The predicted molar refractivity (Wildman–Crippen MR) is 108 cm³/mol. The van der Waals surface area contributed by atoms with Crippen molar-refractivity contribution in [1.82, 2.24) is 10.2 Å². The van der Waals surface area contributed by atoms with Gasteiger partial charge in [0.25, 0.3) is 0 Å². The van der Waals surface area contributed by atoms with Gasteiger partial charge in [-0.1, -0.05) is 45.7 Å². The first kappa shape index (κ1) is 22.7. The molecule has 0 aromatic heterocycles. The van der Waals surface area contributed by atoms with Gasteiger partial charge in [-0.3, -0.25) is 4.90 Å². The Kier molecular flexibility index (Phi) is 11.6. The standard InChI is InChI=1S/C16H24Br2N2.2ClH/c1-12(2)3-4-16(20-7-5-19-6-8-20)13-9-14(17)11-15(18)10-13;;/h9-12,16,19H,3-8H2,1-2H3;2*1H/t16-;;/m1../s1. The summed E-state index contributed by atoms with van der Waals surface area (Å²) < 4.78 is 2.32. The van der Waals surface area contributed by atoms with Crippen LogP contribution in [0.2, 0.25) is 0 Å². The molecular formula is C16H26Br2Cl2N2. The molecule has 0 amide bonds. The van der Waals surface area contributed by atoms with Crippen LogP contribution in [0.3, 0.4) is 0 Å². The van der Waals surface area contributed by atoms with Crippen molar-refractivity contribution in [2.24, 2.45) is 5.92 Å². The molecule has 22 heavy (non-hydrogen) atoms. The second-order valence-corrected chi connectivity index (χ2v) is 7.81. The summed E-state index contributed by atoms with van der Waals surface area (Å²) in [6.07, 6.45) is 2.51. The van der Waals surface area contributed by atoms with Crippen LogP contribution in [0.15, 0.2) is 27.1 Å². The van der Waals surface area contributed by atoms with Gasteiger partial charge in [-0.15, -0.1) is 24.8 Å². The first-order valence-electron chi connectivity index (χ1n) is 7.47. The van der Waals surface area contributed by atoms with E-state index in [1.807, 2.05) is 0 Å².